The van der Waals surface area contributed by atoms with Crippen LogP contribution in [0.1, 0.15) is 16.8 Å². The molecule has 0 radical (unpaired) electrons. The molecule has 0 aromatic carbocycles. The van der Waals surface area contributed by atoms with Crippen LogP contribution in [0.3, 0.4) is 0 Å². The maximum Gasteiger partial charge on any atom is 0.326 e. The van der Waals surface area contributed by atoms with Crippen molar-refractivity contribution in [1.29, 1.82) is 0 Å². The number of nitrogens with zero attached hydrogens (tertiary/aromatic N) is 1. The van der Waals surface area contributed by atoms with Gasteiger partial charge in [-0.1, -0.05) is 0 Å². The van der Waals surface area contributed by atoms with Crippen molar-refractivity contribution in [2.75, 3.05) is 12.0 Å². The Kier molecular flexibility index (Phi) is 5.57. The summed E-state index contributed by atoms with van der Waals surface area (Å²) in [6.45, 7) is 0. The van der Waals surface area contributed by atoms with Gasteiger partial charge in [-0.2, -0.15) is 11.8 Å². The van der Waals surface area contributed by atoms with Crippen LogP contribution in [-0.2, 0) is 4.79 Å². The van der Waals surface area contributed by atoms with Crippen LogP contribution < -0.4 is 5.32 Å². The van der Waals surface area contributed by atoms with Gasteiger partial charge in [-0.3, -0.25) is 9.78 Å². The Morgan fingerprint density at radius 3 is 2.83 bits per heavy atom. The van der Waals surface area contributed by atoms with Crippen molar-refractivity contribution in [3.8, 4) is 0 Å². The molecule has 0 aliphatic rings. The van der Waals surface area contributed by atoms with Crippen LogP contribution in [0.2, 0.25) is 0 Å². The summed E-state index contributed by atoms with van der Waals surface area (Å²) in [6, 6.07) is 0.0312. The number of carboxylic acid groups (broad SMARTS) is 1. The molecular weight excluding hydrogens is 259 g/mol. The van der Waals surface area contributed by atoms with E-state index in [1.54, 1.807) is 0 Å². The van der Waals surface area contributed by atoms with Crippen LogP contribution in [0.5, 0.6) is 0 Å². The molecule has 18 heavy (non-hydrogen) atoms. The van der Waals surface area contributed by atoms with E-state index in [9.17, 15) is 14.0 Å². The first-order chi connectivity index (χ1) is 8.54. The standard InChI is InChI=1S/C11H13FN2O3S/c1-18-3-2-9(11(16)17)14-10(15)7-4-8(12)6-13-5-7/h4-6,9H,2-3H2,1H3,(H,14,15)(H,16,17). The molecule has 1 atom stereocenters. The average Bonchev–Trinajstić information content (AvgIpc) is 2.33. The van der Waals surface area contributed by atoms with E-state index in [1.165, 1.54) is 18.0 Å². The van der Waals surface area contributed by atoms with Crippen molar-refractivity contribution in [3.63, 3.8) is 0 Å². The molecule has 5 nitrogen and oxygen atoms in total. The van der Waals surface area contributed by atoms with Gasteiger partial charge < -0.3 is 10.4 Å². The molecule has 2 N–H and O–H groups in total. The number of pyridine rings is 1. The lowest BCUT2D eigenvalue weighted by atomic mass is 10.2. The van der Waals surface area contributed by atoms with E-state index < -0.39 is 23.7 Å². The van der Waals surface area contributed by atoms with E-state index in [4.69, 9.17) is 5.11 Å². The normalized spacial score (nSPS) is 11.9. The first-order valence-corrected chi connectivity index (χ1v) is 6.57. The highest BCUT2D eigenvalue weighted by molar-refractivity contribution is 7.98. The number of amides is 1. The number of aliphatic carboxylic acids is 1. The van der Waals surface area contributed by atoms with Crippen molar-refractivity contribution in [1.82, 2.24) is 10.3 Å². The number of hydrogen-bond donors (Lipinski definition) is 2. The highest BCUT2D eigenvalue weighted by Crippen LogP contribution is 2.04. The summed E-state index contributed by atoms with van der Waals surface area (Å²) < 4.78 is 12.9. The molecule has 1 unspecified atom stereocenters. The second-order valence-electron chi connectivity index (χ2n) is 3.54. The van der Waals surface area contributed by atoms with E-state index in [2.05, 4.69) is 10.3 Å². The molecule has 0 saturated heterocycles. The van der Waals surface area contributed by atoms with Crippen LogP contribution in [0.4, 0.5) is 4.39 Å². The maximum absolute atomic E-state index is 12.9. The van der Waals surface area contributed by atoms with Gasteiger partial charge >= 0.3 is 5.97 Å². The van der Waals surface area contributed by atoms with Crippen molar-refractivity contribution in [3.05, 3.63) is 29.8 Å². The smallest absolute Gasteiger partial charge is 0.326 e. The quantitative estimate of drug-likeness (QED) is 0.812. The first-order valence-electron chi connectivity index (χ1n) is 5.17. The van der Waals surface area contributed by atoms with E-state index in [0.717, 1.165) is 12.3 Å². The van der Waals surface area contributed by atoms with Crippen LogP contribution in [-0.4, -0.2) is 40.0 Å². The monoisotopic (exact) mass is 272 g/mol. The van der Waals surface area contributed by atoms with Crippen molar-refractivity contribution < 1.29 is 19.1 Å². The highest BCUT2D eigenvalue weighted by atomic mass is 32.2. The molecule has 1 rings (SSSR count). The van der Waals surface area contributed by atoms with Crippen LogP contribution >= 0.6 is 11.8 Å². The Labute approximate surface area is 108 Å². The summed E-state index contributed by atoms with van der Waals surface area (Å²) in [5.74, 6) is -1.78. The molecule has 0 spiro atoms. The fraction of sp³-hybridized carbons (Fsp3) is 0.364. The number of nitrogens with one attached hydrogen (secondary N) is 1. The Morgan fingerprint density at radius 1 is 1.56 bits per heavy atom. The van der Waals surface area contributed by atoms with Crippen LogP contribution in [0.25, 0.3) is 0 Å². The zero-order valence-corrected chi connectivity index (χ0v) is 10.5. The van der Waals surface area contributed by atoms with Gasteiger partial charge in [0.25, 0.3) is 5.91 Å². The summed E-state index contributed by atoms with van der Waals surface area (Å²) in [5, 5.41) is 11.3. The van der Waals surface area contributed by atoms with Crippen molar-refractivity contribution in [2.24, 2.45) is 0 Å². The molecular formula is C11H13FN2O3S. The largest absolute Gasteiger partial charge is 0.480 e. The third kappa shape index (κ3) is 4.33. The Balaban J connectivity index is 2.69. The lowest BCUT2D eigenvalue weighted by molar-refractivity contribution is -0.139. The number of carbonyl (C=O) groups excluding carboxylic acids is 1. The van der Waals surface area contributed by atoms with E-state index in [1.807, 2.05) is 6.26 Å². The molecule has 0 aliphatic heterocycles. The maximum atomic E-state index is 12.9. The van der Waals surface area contributed by atoms with Crippen LogP contribution in [0.15, 0.2) is 18.5 Å². The van der Waals surface area contributed by atoms with Crippen LogP contribution in [0, 0.1) is 5.82 Å². The fourth-order valence-electron chi connectivity index (χ4n) is 1.27. The molecule has 1 aromatic heterocycles. The number of carbonyl (C=O) groups is 2. The topological polar surface area (TPSA) is 79.3 Å². The predicted molar refractivity (Wildman–Crippen MR) is 66.1 cm³/mol. The van der Waals surface area contributed by atoms with Gasteiger partial charge in [0.05, 0.1) is 11.8 Å². The summed E-state index contributed by atoms with van der Waals surface area (Å²) >= 11 is 1.49. The van der Waals surface area contributed by atoms with Gasteiger partial charge in [0.2, 0.25) is 0 Å². The van der Waals surface area contributed by atoms with E-state index in [0.29, 0.717) is 12.2 Å². The van der Waals surface area contributed by atoms with E-state index >= 15 is 0 Å². The minimum atomic E-state index is -1.11. The third-order valence-corrected chi connectivity index (χ3v) is 2.83. The summed E-state index contributed by atoms with van der Waals surface area (Å²) in [6.07, 6.45) is 4.31. The lowest BCUT2D eigenvalue weighted by Crippen LogP contribution is -2.41. The number of thioether (sulfide) groups is 1. The molecule has 1 amide bonds. The number of aromatic nitrogens is 1. The summed E-state index contributed by atoms with van der Waals surface area (Å²) in [7, 11) is 0. The second kappa shape index (κ2) is 6.95. The fourth-order valence-corrected chi connectivity index (χ4v) is 1.74. The Hall–Kier alpha value is -1.63. The molecule has 7 heteroatoms. The molecule has 0 fully saturated rings. The Morgan fingerprint density at radius 2 is 2.28 bits per heavy atom. The van der Waals surface area contributed by atoms with Gasteiger partial charge in [0.1, 0.15) is 11.9 Å². The van der Waals surface area contributed by atoms with Crippen molar-refractivity contribution in [2.45, 2.75) is 12.5 Å². The zero-order chi connectivity index (χ0) is 13.5. The predicted octanol–water partition coefficient (Wildman–Crippen LogP) is 1.16. The molecule has 98 valence electrons. The second-order valence-corrected chi connectivity index (χ2v) is 4.52. The minimum Gasteiger partial charge on any atom is -0.480 e. The lowest BCUT2D eigenvalue weighted by Gasteiger charge is -2.13. The van der Waals surface area contributed by atoms with Crippen molar-refractivity contribution >= 4 is 23.6 Å². The zero-order valence-electron chi connectivity index (χ0n) is 9.72. The first kappa shape index (κ1) is 14.4. The molecule has 1 heterocycles. The molecule has 0 saturated carbocycles. The minimum absolute atomic E-state index is 0.00500. The van der Waals surface area contributed by atoms with E-state index in [-0.39, 0.29) is 5.56 Å². The SMILES string of the molecule is CSCCC(NC(=O)c1cncc(F)c1)C(=O)O. The molecule has 0 aliphatic carbocycles. The van der Waals surface area contributed by atoms with Gasteiger partial charge in [-0.15, -0.1) is 0 Å². The molecule has 1 aromatic rings. The van der Waals surface area contributed by atoms with Gasteiger partial charge in [-0.25, -0.2) is 9.18 Å². The number of rotatable bonds is 6. The summed E-state index contributed by atoms with van der Waals surface area (Å²) in [4.78, 5) is 26.1. The highest BCUT2D eigenvalue weighted by Gasteiger charge is 2.20. The molecule has 0 bridgehead atoms. The average molecular weight is 272 g/mol. The Bertz CT molecular complexity index is 442. The number of halogens is 1. The summed E-state index contributed by atoms with van der Waals surface area (Å²) in [5.41, 5.74) is 0.00500. The van der Waals surface area contributed by atoms with Gasteiger partial charge in [0.15, 0.2) is 0 Å². The number of hydrogen-bond acceptors (Lipinski definition) is 4. The van der Waals surface area contributed by atoms with Gasteiger partial charge in [-0.05, 0) is 24.5 Å². The van der Waals surface area contributed by atoms with Gasteiger partial charge in [0, 0.05) is 6.20 Å². The third-order valence-electron chi connectivity index (χ3n) is 2.18. The number of carboxylic acids is 1.